The Morgan fingerprint density at radius 2 is 1.95 bits per heavy atom. The molecule has 4 heteroatoms. The molecule has 1 aliphatic rings. The number of likely N-dealkylation sites (tertiary alicyclic amines) is 1. The number of amides is 1. The van der Waals surface area contributed by atoms with E-state index in [-0.39, 0.29) is 12.0 Å². The minimum atomic E-state index is -0.122. The van der Waals surface area contributed by atoms with Gasteiger partial charge in [-0.3, -0.25) is 4.79 Å². The molecule has 2 rings (SSSR count). The summed E-state index contributed by atoms with van der Waals surface area (Å²) in [5, 5.41) is 0.684. The standard InChI is InChI=1S/C16H22ClNO2/c1-12-7-9-18(10-8-12)16(19)11-13(2)20-15-5-3-14(17)4-6-15/h3-6,12-13H,7-11H2,1-2H3/t13-/m0/s1. The molecule has 0 radical (unpaired) electrons. The Morgan fingerprint density at radius 3 is 2.55 bits per heavy atom. The Morgan fingerprint density at radius 1 is 1.35 bits per heavy atom. The highest BCUT2D eigenvalue weighted by atomic mass is 35.5. The molecule has 3 nitrogen and oxygen atoms in total. The van der Waals surface area contributed by atoms with Crippen LogP contribution >= 0.6 is 11.6 Å². The van der Waals surface area contributed by atoms with Gasteiger partial charge in [-0.1, -0.05) is 18.5 Å². The van der Waals surface area contributed by atoms with Gasteiger partial charge in [0.2, 0.25) is 5.91 Å². The molecule has 0 bridgehead atoms. The molecule has 0 aromatic heterocycles. The second kappa shape index (κ2) is 6.98. The second-order valence-electron chi connectivity index (χ2n) is 5.65. The molecular formula is C16H22ClNO2. The molecule has 0 unspecified atom stereocenters. The van der Waals surface area contributed by atoms with E-state index in [2.05, 4.69) is 6.92 Å². The number of carbonyl (C=O) groups is 1. The van der Waals surface area contributed by atoms with Gasteiger partial charge in [0.1, 0.15) is 11.9 Å². The molecule has 1 atom stereocenters. The zero-order chi connectivity index (χ0) is 14.5. The van der Waals surface area contributed by atoms with E-state index in [4.69, 9.17) is 16.3 Å². The molecule has 0 spiro atoms. The summed E-state index contributed by atoms with van der Waals surface area (Å²) in [6, 6.07) is 7.23. The lowest BCUT2D eigenvalue weighted by molar-refractivity contribution is -0.134. The number of ether oxygens (including phenoxy) is 1. The predicted octanol–water partition coefficient (Wildman–Crippen LogP) is 3.76. The van der Waals surface area contributed by atoms with Gasteiger partial charge < -0.3 is 9.64 Å². The van der Waals surface area contributed by atoms with E-state index in [0.717, 1.165) is 37.6 Å². The lowest BCUT2D eigenvalue weighted by Crippen LogP contribution is -2.39. The first kappa shape index (κ1) is 15.2. The number of nitrogens with zero attached hydrogens (tertiary/aromatic N) is 1. The number of benzene rings is 1. The van der Waals surface area contributed by atoms with Gasteiger partial charge in [-0.25, -0.2) is 0 Å². The average molecular weight is 296 g/mol. The van der Waals surface area contributed by atoms with E-state index in [0.29, 0.717) is 11.4 Å². The van der Waals surface area contributed by atoms with Gasteiger partial charge in [0.05, 0.1) is 6.42 Å². The molecule has 0 saturated carbocycles. The topological polar surface area (TPSA) is 29.5 Å². The summed E-state index contributed by atoms with van der Waals surface area (Å²) in [5.41, 5.74) is 0. The van der Waals surface area contributed by atoms with Gasteiger partial charge in [-0.15, -0.1) is 0 Å². The van der Waals surface area contributed by atoms with Crippen molar-refractivity contribution in [3.8, 4) is 5.75 Å². The van der Waals surface area contributed by atoms with Gasteiger partial charge in [0, 0.05) is 18.1 Å². The molecule has 1 fully saturated rings. The number of hydrogen-bond acceptors (Lipinski definition) is 2. The third-order valence-corrected chi connectivity index (χ3v) is 4.00. The van der Waals surface area contributed by atoms with Gasteiger partial charge >= 0.3 is 0 Å². The summed E-state index contributed by atoms with van der Waals surface area (Å²) >= 11 is 5.83. The largest absolute Gasteiger partial charge is 0.490 e. The van der Waals surface area contributed by atoms with E-state index in [1.54, 1.807) is 12.1 Å². The highest BCUT2D eigenvalue weighted by Gasteiger charge is 2.22. The minimum Gasteiger partial charge on any atom is -0.490 e. The van der Waals surface area contributed by atoms with Crippen LogP contribution in [0.3, 0.4) is 0 Å². The van der Waals surface area contributed by atoms with Crippen LogP contribution in [0.4, 0.5) is 0 Å². The van der Waals surface area contributed by atoms with Crippen LogP contribution in [0, 0.1) is 5.92 Å². The van der Waals surface area contributed by atoms with Crippen LogP contribution in [0.2, 0.25) is 5.02 Å². The van der Waals surface area contributed by atoms with Crippen molar-refractivity contribution in [3.63, 3.8) is 0 Å². The summed E-state index contributed by atoms with van der Waals surface area (Å²) in [4.78, 5) is 14.1. The fourth-order valence-electron chi connectivity index (χ4n) is 2.42. The maximum Gasteiger partial charge on any atom is 0.226 e. The number of halogens is 1. The fourth-order valence-corrected chi connectivity index (χ4v) is 2.55. The van der Waals surface area contributed by atoms with Crippen LogP contribution in [-0.2, 0) is 4.79 Å². The van der Waals surface area contributed by atoms with Crippen molar-refractivity contribution in [2.24, 2.45) is 5.92 Å². The van der Waals surface area contributed by atoms with Crippen LogP contribution in [0.1, 0.15) is 33.1 Å². The Kier molecular flexibility index (Phi) is 5.30. The molecule has 0 aliphatic carbocycles. The van der Waals surface area contributed by atoms with Gasteiger partial charge in [0.15, 0.2) is 0 Å². The van der Waals surface area contributed by atoms with Crippen molar-refractivity contribution < 1.29 is 9.53 Å². The van der Waals surface area contributed by atoms with Crippen LogP contribution in [0.25, 0.3) is 0 Å². The number of hydrogen-bond donors (Lipinski definition) is 0. The van der Waals surface area contributed by atoms with E-state index in [1.165, 1.54) is 0 Å². The van der Waals surface area contributed by atoms with E-state index < -0.39 is 0 Å². The monoisotopic (exact) mass is 295 g/mol. The number of carbonyl (C=O) groups excluding carboxylic acids is 1. The van der Waals surface area contributed by atoms with Gasteiger partial charge in [-0.05, 0) is 49.9 Å². The van der Waals surface area contributed by atoms with Crippen molar-refractivity contribution in [2.75, 3.05) is 13.1 Å². The number of rotatable bonds is 4. The molecule has 1 saturated heterocycles. The lowest BCUT2D eigenvalue weighted by Gasteiger charge is -2.31. The lowest BCUT2D eigenvalue weighted by atomic mass is 9.99. The summed E-state index contributed by atoms with van der Waals surface area (Å²) < 4.78 is 5.75. The maximum atomic E-state index is 12.2. The normalized spacial score (nSPS) is 17.9. The quantitative estimate of drug-likeness (QED) is 0.846. The van der Waals surface area contributed by atoms with Crippen LogP contribution < -0.4 is 4.74 Å². The maximum absolute atomic E-state index is 12.2. The smallest absolute Gasteiger partial charge is 0.226 e. The molecule has 0 N–H and O–H groups in total. The SMILES string of the molecule is CC1CCN(C(=O)C[C@H](C)Oc2ccc(Cl)cc2)CC1. The summed E-state index contributed by atoms with van der Waals surface area (Å²) in [5.74, 6) is 1.68. The zero-order valence-corrected chi connectivity index (χ0v) is 12.9. The van der Waals surface area contributed by atoms with Gasteiger partial charge in [-0.2, -0.15) is 0 Å². The third-order valence-electron chi connectivity index (χ3n) is 3.75. The van der Waals surface area contributed by atoms with Crippen LogP contribution in [-0.4, -0.2) is 30.0 Å². The fraction of sp³-hybridized carbons (Fsp3) is 0.562. The zero-order valence-electron chi connectivity index (χ0n) is 12.1. The summed E-state index contributed by atoms with van der Waals surface area (Å²) in [6.45, 7) is 5.94. The highest BCUT2D eigenvalue weighted by molar-refractivity contribution is 6.30. The molecular weight excluding hydrogens is 274 g/mol. The van der Waals surface area contributed by atoms with E-state index >= 15 is 0 Å². The summed E-state index contributed by atoms with van der Waals surface area (Å²) in [7, 11) is 0. The summed E-state index contributed by atoms with van der Waals surface area (Å²) in [6.07, 6.45) is 2.52. The van der Waals surface area contributed by atoms with Crippen molar-refractivity contribution >= 4 is 17.5 Å². The Hall–Kier alpha value is -1.22. The highest BCUT2D eigenvalue weighted by Crippen LogP contribution is 2.19. The van der Waals surface area contributed by atoms with Crippen molar-refractivity contribution in [3.05, 3.63) is 29.3 Å². The average Bonchev–Trinajstić information content (AvgIpc) is 2.42. The molecule has 110 valence electrons. The Balaban J connectivity index is 1.80. The Bertz CT molecular complexity index is 438. The van der Waals surface area contributed by atoms with Gasteiger partial charge in [0.25, 0.3) is 0 Å². The molecule has 1 heterocycles. The third kappa shape index (κ3) is 4.41. The second-order valence-corrected chi connectivity index (χ2v) is 6.09. The van der Waals surface area contributed by atoms with Crippen LogP contribution in [0.15, 0.2) is 24.3 Å². The Labute approximate surface area is 125 Å². The molecule has 1 aliphatic heterocycles. The van der Waals surface area contributed by atoms with E-state index in [9.17, 15) is 4.79 Å². The first-order valence-corrected chi connectivity index (χ1v) is 7.62. The van der Waals surface area contributed by atoms with Crippen molar-refractivity contribution in [1.29, 1.82) is 0 Å². The number of piperidine rings is 1. The van der Waals surface area contributed by atoms with E-state index in [1.807, 2.05) is 24.0 Å². The first-order chi connectivity index (χ1) is 9.54. The van der Waals surface area contributed by atoms with Crippen molar-refractivity contribution in [1.82, 2.24) is 4.90 Å². The molecule has 1 aromatic carbocycles. The molecule has 1 aromatic rings. The minimum absolute atomic E-state index is 0.122. The van der Waals surface area contributed by atoms with Crippen molar-refractivity contribution in [2.45, 2.75) is 39.2 Å². The molecule has 1 amide bonds. The van der Waals surface area contributed by atoms with Crippen LogP contribution in [0.5, 0.6) is 5.75 Å². The first-order valence-electron chi connectivity index (χ1n) is 7.24. The predicted molar refractivity (Wildman–Crippen MR) is 81.1 cm³/mol. The molecule has 20 heavy (non-hydrogen) atoms.